The molecule has 0 unspecified atom stereocenters. The summed E-state index contributed by atoms with van der Waals surface area (Å²) in [5.74, 6) is -1.09. The third kappa shape index (κ3) is 6.81. The lowest BCUT2D eigenvalue weighted by atomic mass is 10.2. The Hall–Kier alpha value is -3.64. The average Bonchev–Trinajstić information content (AvgIpc) is 3.34. The maximum Gasteiger partial charge on any atom is 0.417 e. The second kappa shape index (κ2) is 13.0. The number of halogens is 4. The first-order valence-electron chi connectivity index (χ1n) is 14.2. The number of carboxylic acid groups (broad SMARTS) is 1. The van der Waals surface area contributed by atoms with Gasteiger partial charge in [-0.25, -0.2) is 14.8 Å². The topological polar surface area (TPSA) is 77.2 Å². The Morgan fingerprint density at radius 2 is 1.56 bits per heavy atom. The molecule has 45 heavy (non-hydrogen) atoms. The van der Waals surface area contributed by atoms with Gasteiger partial charge in [0.05, 0.1) is 21.6 Å². The van der Waals surface area contributed by atoms with E-state index in [9.17, 15) is 23.1 Å². The van der Waals surface area contributed by atoms with E-state index in [2.05, 4.69) is 30.7 Å². The molecule has 1 atom stereocenters. The molecule has 3 aromatic carbocycles. The van der Waals surface area contributed by atoms with Crippen LogP contribution in [0.3, 0.4) is 0 Å². The van der Waals surface area contributed by atoms with E-state index in [1.54, 1.807) is 0 Å². The van der Waals surface area contributed by atoms with Gasteiger partial charge >= 0.3 is 12.1 Å². The summed E-state index contributed by atoms with van der Waals surface area (Å²) in [6.07, 6.45) is -4.92. The molecule has 234 valence electrons. The van der Waals surface area contributed by atoms with E-state index in [0.29, 0.717) is 10.7 Å². The third-order valence-electron chi connectivity index (χ3n) is 7.57. The number of fused-ring (bicyclic) bond motifs is 1. The van der Waals surface area contributed by atoms with E-state index in [0.717, 1.165) is 39.9 Å². The number of carboxylic acids is 1. The molecule has 0 aliphatic rings. The van der Waals surface area contributed by atoms with Crippen molar-refractivity contribution in [2.24, 2.45) is 0 Å². The number of aromatic nitrogens is 3. The fourth-order valence-electron chi connectivity index (χ4n) is 5.47. The highest BCUT2D eigenvalue weighted by atomic mass is 35.5. The number of aryl methyl sites for hydroxylation is 1. The number of imidazole rings is 1. The van der Waals surface area contributed by atoms with Crippen molar-refractivity contribution in [1.82, 2.24) is 14.5 Å². The minimum absolute atomic E-state index is 0.0991. The molecule has 0 aliphatic carbocycles. The maximum absolute atomic E-state index is 13.2. The molecule has 6 nitrogen and oxygen atoms in total. The number of pyridine rings is 1. The Balaban J connectivity index is 1.52. The lowest BCUT2D eigenvalue weighted by molar-refractivity contribution is -0.146. The van der Waals surface area contributed by atoms with E-state index < -0.39 is 37.2 Å². The lowest BCUT2D eigenvalue weighted by Crippen LogP contribution is -2.68. The zero-order chi connectivity index (χ0) is 32.4. The molecule has 0 saturated carbocycles. The van der Waals surface area contributed by atoms with E-state index >= 15 is 0 Å². The SMILES string of the molecule is CC(C)(C)[Si](O[C@@H](CCn1c(Sc2ncc(C(F)(F)F)cc2Cl)nc2ccccc21)C(=O)O)(c1ccccc1)c1ccccc1. The van der Waals surface area contributed by atoms with Gasteiger partial charge in [0.15, 0.2) is 5.16 Å². The summed E-state index contributed by atoms with van der Waals surface area (Å²) in [6.45, 7) is 6.45. The van der Waals surface area contributed by atoms with Crippen LogP contribution < -0.4 is 10.4 Å². The Bertz CT molecular complexity index is 1760. The standard InChI is InChI=1S/C33H31ClF3N3O3SSi/c1-32(2,3)45(23-12-6-4-7-13-23,24-14-8-5-9-15-24)43-28(30(41)42)18-19-40-27-17-11-10-16-26(27)39-31(40)44-29-25(34)20-22(21-38-29)33(35,36)37/h4-17,20-21,28H,18-19H2,1-3H3,(H,41,42)/t28-/m0/s1. The molecule has 2 aromatic heterocycles. The molecular weight excluding hydrogens is 639 g/mol. The number of hydrogen-bond acceptors (Lipinski definition) is 5. The average molecular weight is 670 g/mol. The lowest BCUT2D eigenvalue weighted by Gasteiger charge is -2.44. The van der Waals surface area contributed by atoms with Crippen LogP contribution in [0.5, 0.6) is 0 Å². The van der Waals surface area contributed by atoms with Crippen molar-refractivity contribution in [2.45, 2.75) is 61.2 Å². The van der Waals surface area contributed by atoms with Gasteiger partial charge in [-0.05, 0) is 45.4 Å². The number of benzene rings is 3. The first kappa shape index (κ1) is 32.7. The minimum Gasteiger partial charge on any atom is -0.479 e. The molecule has 5 aromatic rings. The molecular formula is C33H31ClF3N3O3SSi. The van der Waals surface area contributed by atoms with Crippen LogP contribution >= 0.6 is 23.4 Å². The van der Waals surface area contributed by atoms with Crippen molar-refractivity contribution in [3.63, 3.8) is 0 Å². The van der Waals surface area contributed by atoms with Crippen LogP contribution in [0.4, 0.5) is 13.2 Å². The highest BCUT2D eigenvalue weighted by Gasteiger charge is 2.52. The molecule has 0 aliphatic heterocycles. The van der Waals surface area contributed by atoms with Crippen molar-refractivity contribution in [3.05, 3.63) is 108 Å². The number of hydrogen-bond donors (Lipinski definition) is 1. The van der Waals surface area contributed by atoms with Crippen LogP contribution in [0.1, 0.15) is 32.8 Å². The predicted octanol–water partition coefficient (Wildman–Crippen LogP) is 7.67. The van der Waals surface area contributed by atoms with Crippen molar-refractivity contribution in [1.29, 1.82) is 0 Å². The molecule has 0 bridgehead atoms. The summed E-state index contributed by atoms with van der Waals surface area (Å²) in [6, 6.07) is 27.8. The Kier molecular flexibility index (Phi) is 9.46. The van der Waals surface area contributed by atoms with Gasteiger partial charge in [0.25, 0.3) is 8.32 Å². The van der Waals surface area contributed by atoms with Gasteiger partial charge in [-0.1, -0.05) is 105 Å². The first-order chi connectivity index (χ1) is 21.3. The summed E-state index contributed by atoms with van der Waals surface area (Å²) >= 11 is 7.24. The maximum atomic E-state index is 13.2. The monoisotopic (exact) mass is 669 g/mol. The molecule has 0 saturated heterocycles. The van der Waals surface area contributed by atoms with E-state index in [-0.39, 0.29) is 23.0 Å². The van der Waals surface area contributed by atoms with Crippen molar-refractivity contribution < 1.29 is 27.5 Å². The van der Waals surface area contributed by atoms with E-state index in [1.807, 2.05) is 89.5 Å². The van der Waals surface area contributed by atoms with E-state index in [4.69, 9.17) is 16.0 Å². The number of rotatable bonds is 10. The Labute approximate surface area is 269 Å². The second-order valence-electron chi connectivity index (χ2n) is 11.5. The zero-order valence-electron chi connectivity index (χ0n) is 24.8. The Morgan fingerprint density at radius 1 is 0.978 bits per heavy atom. The number of alkyl halides is 3. The van der Waals surface area contributed by atoms with Gasteiger partial charge in [-0.15, -0.1) is 0 Å². The normalized spacial score (nSPS) is 13.2. The van der Waals surface area contributed by atoms with Crippen molar-refractivity contribution in [3.8, 4) is 0 Å². The third-order valence-corrected chi connectivity index (χ3v) is 14.0. The minimum atomic E-state index is -4.58. The van der Waals surface area contributed by atoms with E-state index in [1.165, 1.54) is 0 Å². The number of aliphatic carboxylic acids is 1. The quantitative estimate of drug-likeness (QED) is 0.154. The summed E-state index contributed by atoms with van der Waals surface area (Å²) in [7, 11) is -3.18. The van der Waals surface area contributed by atoms with Crippen LogP contribution in [0, 0.1) is 0 Å². The Morgan fingerprint density at radius 3 is 2.09 bits per heavy atom. The van der Waals surface area contributed by atoms with Crippen LogP contribution in [-0.4, -0.2) is 40.0 Å². The molecule has 2 heterocycles. The molecule has 12 heteroatoms. The molecule has 0 spiro atoms. The second-order valence-corrected chi connectivity index (χ2v) is 17.2. The first-order valence-corrected chi connectivity index (χ1v) is 17.3. The van der Waals surface area contributed by atoms with Crippen molar-refractivity contribution >= 4 is 59.1 Å². The van der Waals surface area contributed by atoms with Gasteiger partial charge in [0, 0.05) is 19.2 Å². The number of nitrogens with zero attached hydrogens (tertiary/aromatic N) is 3. The van der Waals surface area contributed by atoms with Crippen molar-refractivity contribution in [2.75, 3.05) is 0 Å². The molecule has 0 amide bonds. The fraction of sp³-hybridized carbons (Fsp3) is 0.242. The largest absolute Gasteiger partial charge is 0.479 e. The predicted molar refractivity (Wildman–Crippen MR) is 173 cm³/mol. The summed E-state index contributed by atoms with van der Waals surface area (Å²) in [4.78, 5) is 21.5. The van der Waals surface area contributed by atoms with Gasteiger partial charge in [0.1, 0.15) is 11.1 Å². The van der Waals surface area contributed by atoms with Gasteiger partial charge in [-0.3, -0.25) is 0 Å². The highest BCUT2D eigenvalue weighted by Crippen LogP contribution is 2.39. The summed E-state index contributed by atoms with van der Waals surface area (Å²) < 4.78 is 48.4. The number of carbonyl (C=O) groups is 1. The molecule has 1 N–H and O–H groups in total. The molecule has 5 rings (SSSR count). The fourth-order valence-corrected chi connectivity index (χ4v) is 11.3. The van der Waals surface area contributed by atoms with Crippen LogP contribution in [0.15, 0.2) is 107 Å². The van der Waals surface area contributed by atoms with Crippen LogP contribution in [0.25, 0.3) is 11.0 Å². The van der Waals surface area contributed by atoms with Gasteiger partial charge in [0.2, 0.25) is 0 Å². The number of para-hydroxylation sites is 2. The van der Waals surface area contributed by atoms with Crippen LogP contribution in [0.2, 0.25) is 10.1 Å². The van der Waals surface area contributed by atoms with Crippen LogP contribution in [-0.2, 0) is 21.9 Å². The highest BCUT2D eigenvalue weighted by molar-refractivity contribution is 7.99. The smallest absolute Gasteiger partial charge is 0.417 e. The molecule has 0 fully saturated rings. The van der Waals surface area contributed by atoms with Gasteiger partial charge < -0.3 is 14.1 Å². The van der Waals surface area contributed by atoms with Gasteiger partial charge in [-0.2, -0.15) is 13.2 Å². The summed E-state index contributed by atoms with van der Waals surface area (Å²) in [5.41, 5.74) is 0.426. The zero-order valence-corrected chi connectivity index (χ0v) is 27.3. The summed E-state index contributed by atoms with van der Waals surface area (Å²) in [5, 5.41) is 12.4. The molecule has 0 radical (unpaired) electrons.